The van der Waals surface area contributed by atoms with Gasteiger partial charge in [0.15, 0.2) is 0 Å². The summed E-state index contributed by atoms with van der Waals surface area (Å²) in [7, 11) is -2.73. The molecular weight excluding hydrogens is 279 g/mol. The molecule has 0 fully saturated rings. The fraction of sp³-hybridized carbons (Fsp3) is 0.222. The third kappa shape index (κ3) is 3.72. The number of hydrogen-bond donors (Lipinski definition) is 1. The van der Waals surface area contributed by atoms with Gasteiger partial charge in [-0.3, -0.25) is 0 Å². The van der Waals surface area contributed by atoms with Crippen molar-refractivity contribution in [2.75, 3.05) is 12.8 Å². The minimum Gasteiger partial charge on any atom is -0.396 e. The van der Waals surface area contributed by atoms with E-state index < -0.39 is 7.14 Å². The van der Waals surface area contributed by atoms with Gasteiger partial charge in [0, 0.05) is 23.4 Å². The number of rotatable bonds is 7. The van der Waals surface area contributed by atoms with Crippen molar-refractivity contribution >= 4 is 17.8 Å². The minimum atomic E-state index is -2.73. The second-order valence-electron chi connectivity index (χ2n) is 5.17. The summed E-state index contributed by atoms with van der Waals surface area (Å²) in [5.41, 5.74) is 0. The molecule has 0 aliphatic carbocycles. The van der Waals surface area contributed by atoms with Crippen molar-refractivity contribution in [1.29, 1.82) is 0 Å². The fourth-order valence-corrected chi connectivity index (χ4v) is 5.52. The van der Waals surface area contributed by atoms with E-state index in [4.69, 9.17) is 0 Å². The molecule has 110 valence electrons. The summed E-state index contributed by atoms with van der Waals surface area (Å²) in [6.45, 7) is 3.75. The van der Waals surface area contributed by atoms with Crippen LogP contribution in [0.5, 0.6) is 0 Å². The van der Waals surface area contributed by atoms with Gasteiger partial charge in [0.25, 0.3) is 0 Å². The van der Waals surface area contributed by atoms with Crippen LogP contribution in [0.15, 0.2) is 73.3 Å². The molecule has 2 aromatic carbocycles. The molecule has 1 N–H and O–H groups in total. The molecule has 2 aromatic rings. The van der Waals surface area contributed by atoms with Crippen molar-refractivity contribution in [3.8, 4) is 0 Å². The molecule has 0 saturated heterocycles. The standard InChI is InChI=1S/C18H21O2P/c1-2-9-16(14-19)15-21(20,17-10-5-3-6-11-17)18-12-7-4-8-13-18/h2-8,10-13,16,19H,1,9,14-15H2. The smallest absolute Gasteiger partial charge is 0.143 e. The second-order valence-corrected chi connectivity index (χ2v) is 8.04. The molecule has 0 aliphatic rings. The van der Waals surface area contributed by atoms with E-state index in [1.807, 2.05) is 60.7 Å². The van der Waals surface area contributed by atoms with E-state index in [1.165, 1.54) is 0 Å². The van der Waals surface area contributed by atoms with Gasteiger partial charge in [-0.1, -0.05) is 66.7 Å². The zero-order chi connectivity index (χ0) is 15.1. The average molecular weight is 300 g/mol. The molecule has 1 unspecified atom stereocenters. The zero-order valence-electron chi connectivity index (χ0n) is 12.1. The summed E-state index contributed by atoms with van der Waals surface area (Å²) in [6, 6.07) is 19.1. The van der Waals surface area contributed by atoms with Crippen LogP contribution in [0.2, 0.25) is 0 Å². The van der Waals surface area contributed by atoms with Gasteiger partial charge < -0.3 is 9.67 Å². The van der Waals surface area contributed by atoms with Crippen LogP contribution in [0.25, 0.3) is 0 Å². The molecule has 0 radical (unpaired) electrons. The third-order valence-electron chi connectivity index (χ3n) is 3.62. The van der Waals surface area contributed by atoms with Gasteiger partial charge in [0.2, 0.25) is 0 Å². The average Bonchev–Trinajstić information content (AvgIpc) is 2.56. The highest BCUT2D eigenvalue weighted by Crippen LogP contribution is 2.45. The Morgan fingerprint density at radius 2 is 1.48 bits per heavy atom. The molecule has 3 heteroatoms. The van der Waals surface area contributed by atoms with Gasteiger partial charge in [-0.05, 0) is 12.3 Å². The molecule has 1 atom stereocenters. The Balaban J connectivity index is 2.45. The molecule has 21 heavy (non-hydrogen) atoms. The van der Waals surface area contributed by atoms with Crippen molar-refractivity contribution in [3.63, 3.8) is 0 Å². The van der Waals surface area contributed by atoms with E-state index in [2.05, 4.69) is 6.58 Å². The summed E-state index contributed by atoms with van der Waals surface area (Å²) in [5, 5.41) is 11.2. The summed E-state index contributed by atoms with van der Waals surface area (Å²) in [6.07, 6.45) is 2.91. The quantitative estimate of drug-likeness (QED) is 0.630. The zero-order valence-corrected chi connectivity index (χ0v) is 13.0. The number of benzene rings is 2. The number of aliphatic hydroxyl groups is 1. The van der Waals surface area contributed by atoms with Crippen LogP contribution in [0, 0.1) is 5.92 Å². The van der Waals surface area contributed by atoms with Crippen LogP contribution in [0.3, 0.4) is 0 Å². The highest BCUT2D eigenvalue weighted by molar-refractivity contribution is 7.78. The van der Waals surface area contributed by atoms with Crippen LogP contribution < -0.4 is 10.6 Å². The molecule has 0 aromatic heterocycles. The van der Waals surface area contributed by atoms with Crippen LogP contribution in [-0.4, -0.2) is 17.9 Å². The molecule has 0 amide bonds. The first-order valence-corrected chi connectivity index (χ1v) is 9.02. The Morgan fingerprint density at radius 1 is 1.00 bits per heavy atom. The Kier molecular flexibility index (Phi) is 5.55. The lowest BCUT2D eigenvalue weighted by Gasteiger charge is -2.23. The van der Waals surface area contributed by atoms with Crippen molar-refractivity contribution in [2.45, 2.75) is 6.42 Å². The summed E-state index contributed by atoms with van der Waals surface area (Å²) in [5.74, 6) is -0.0336. The lowest BCUT2D eigenvalue weighted by atomic mass is 10.1. The largest absolute Gasteiger partial charge is 0.396 e. The monoisotopic (exact) mass is 300 g/mol. The van der Waals surface area contributed by atoms with Crippen molar-refractivity contribution in [2.24, 2.45) is 5.92 Å². The maximum absolute atomic E-state index is 13.7. The molecule has 0 heterocycles. The number of hydrogen-bond acceptors (Lipinski definition) is 2. The number of allylic oxidation sites excluding steroid dienone is 1. The van der Waals surface area contributed by atoms with Crippen LogP contribution >= 0.6 is 7.14 Å². The topological polar surface area (TPSA) is 37.3 Å². The summed E-state index contributed by atoms with van der Waals surface area (Å²) >= 11 is 0. The SMILES string of the molecule is C=CCC(CO)CP(=O)(c1ccccc1)c1ccccc1. The Morgan fingerprint density at radius 3 is 1.86 bits per heavy atom. The van der Waals surface area contributed by atoms with E-state index in [0.717, 1.165) is 10.6 Å². The van der Waals surface area contributed by atoms with E-state index >= 15 is 0 Å². The van der Waals surface area contributed by atoms with Crippen LogP contribution in [0.4, 0.5) is 0 Å². The first kappa shape index (κ1) is 15.8. The van der Waals surface area contributed by atoms with Gasteiger partial charge in [-0.2, -0.15) is 0 Å². The summed E-state index contributed by atoms with van der Waals surface area (Å²) in [4.78, 5) is 0. The van der Waals surface area contributed by atoms with Gasteiger partial charge in [0.1, 0.15) is 7.14 Å². The first-order chi connectivity index (χ1) is 10.2. The maximum atomic E-state index is 13.7. The molecule has 2 rings (SSSR count). The second kappa shape index (κ2) is 7.40. The molecular formula is C18H21O2P. The Hall–Kier alpha value is -1.63. The summed E-state index contributed by atoms with van der Waals surface area (Å²) < 4.78 is 13.7. The van der Waals surface area contributed by atoms with E-state index in [9.17, 15) is 9.67 Å². The molecule has 0 aliphatic heterocycles. The van der Waals surface area contributed by atoms with E-state index in [1.54, 1.807) is 6.08 Å². The Labute approximate surface area is 126 Å². The Bertz CT molecular complexity index is 564. The van der Waals surface area contributed by atoms with Gasteiger partial charge in [-0.15, -0.1) is 6.58 Å². The number of aliphatic hydroxyl groups excluding tert-OH is 1. The normalized spacial score (nSPS) is 12.8. The van der Waals surface area contributed by atoms with Crippen molar-refractivity contribution in [3.05, 3.63) is 73.3 Å². The molecule has 0 saturated carbocycles. The fourth-order valence-electron chi connectivity index (χ4n) is 2.50. The lowest BCUT2D eigenvalue weighted by molar-refractivity contribution is 0.240. The molecule has 0 bridgehead atoms. The molecule has 0 spiro atoms. The van der Waals surface area contributed by atoms with Gasteiger partial charge in [0.05, 0.1) is 0 Å². The van der Waals surface area contributed by atoms with Crippen molar-refractivity contribution in [1.82, 2.24) is 0 Å². The predicted octanol–water partition coefficient (Wildman–Crippen LogP) is 3.19. The van der Waals surface area contributed by atoms with Gasteiger partial charge >= 0.3 is 0 Å². The van der Waals surface area contributed by atoms with E-state index in [0.29, 0.717) is 12.6 Å². The maximum Gasteiger partial charge on any atom is 0.143 e. The van der Waals surface area contributed by atoms with E-state index in [-0.39, 0.29) is 12.5 Å². The highest BCUT2D eigenvalue weighted by atomic mass is 31.2. The first-order valence-electron chi connectivity index (χ1n) is 7.12. The van der Waals surface area contributed by atoms with Crippen LogP contribution in [0.1, 0.15) is 6.42 Å². The van der Waals surface area contributed by atoms with Crippen LogP contribution in [-0.2, 0) is 4.57 Å². The van der Waals surface area contributed by atoms with Crippen molar-refractivity contribution < 1.29 is 9.67 Å². The molecule has 2 nitrogen and oxygen atoms in total. The van der Waals surface area contributed by atoms with Gasteiger partial charge in [-0.25, -0.2) is 0 Å². The predicted molar refractivity (Wildman–Crippen MR) is 90.0 cm³/mol. The highest BCUT2D eigenvalue weighted by Gasteiger charge is 2.29. The third-order valence-corrected chi connectivity index (χ3v) is 6.92. The minimum absolute atomic E-state index is 0.0235. The lowest BCUT2D eigenvalue weighted by Crippen LogP contribution is -2.23.